The summed E-state index contributed by atoms with van der Waals surface area (Å²) in [5, 5.41) is 19.8. The maximum atomic E-state index is 9.95. The zero-order chi connectivity index (χ0) is 11.1. The highest BCUT2D eigenvalue weighted by Crippen LogP contribution is 2.29. The summed E-state index contributed by atoms with van der Waals surface area (Å²) < 4.78 is 0. The smallest absolute Gasteiger partial charge is 0.0989 e. The van der Waals surface area contributed by atoms with E-state index in [0.29, 0.717) is 6.10 Å². The molecule has 2 unspecified atom stereocenters. The SMILES string of the molecule is CCC(O)C1CCCCCCCC[C]1O.[CH2].[CH2]. The third-order valence-electron chi connectivity index (χ3n) is 3.51. The lowest BCUT2D eigenvalue weighted by molar-refractivity contribution is 0.0554. The van der Waals surface area contributed by atoms with Crippen LogP contribution in [0.15, 0.2) is 0 Å². The van der Waals surface area contributed by atoms with Gasteiger partial charge in [0.15, 0.2) is 0 Å². The summed E-state index contributed by atoms with van der Waals surface area (Å²) in [6, 6.07) is 0. The lowest BCUT2D eigenvalue weighted by Crippen LogP contribution is -2.26. The minimum absolute atomic E-state index is 0. The molecule has 0 heterocycles. The summed E-state index contributed by atoms with van der Waals surface area (Å²) >= 11 is 0. The van der Waals surface area contributed by atoms with Gasteiger partial charge in [-0.2, -0.15) is 0 Å². The molecular formula is C15H29O2. The maximum Gasteiger partial charge on any atom is 0.0989 e. The van der Waals surface area contributed by atoms with E-state index in [4.69, 9.17) is 0 Å². The van der Waals surface area contributed by atoms with E-state index >= 15 is 0 Å². The summed E-state index contributed by atoms with van der Waals surface area (Å²) in [6.07, 6.45) is 10.0. The lowest BCUT2D eigenvalue weighted by Gasteiger charge is -2.27. The molecule has 0 aliphatic heterocycles. The van der Waals surface area contributed by atoms with E-state index in [2.05, 4.69) is 0 Å². The van der Waals surface area contributed by atoms with Gasteiger partial charge in [-0.25, -0.2) is 0 Å². The predicted molar refractivity (Wildman–Crippen MR) is 72.6 cm³/mol. The second kappa shape index (κ2) is 11.0. The number of hydrogen-bond donors (Lipinski definition) is 2. The number of aliphatic hydroxyl groups is 2. The number of aliphatic hydroxyl groups excluding tert-OH is 2. The van der Waals surface area contributed by atoms with Crippen molar-refractivity contribution in [2.24, 2.45) is 5.92 Å². The van der Waals surface area contributed by atoms with Crippen LogP contribution in [0.25, 0.3) is 0 Å². The van der Waals surface area contributed by atoms with Crippen molar-refractivity contribution in [3.8, 4) is 0 Å². The van der Waals surface area contributed by atoms with Gasteiger partial charge in [0.2, 0.25) is 0 Å². The minimum Gasteiger partial charge on any atom is -0.393 e. The van der Waals surface area contributed by atoms with Crippen LogP contribution in [-0.2, 0) is 0 Å². The molecule has 2 N–H and O–H groups in total. The van der Waals surface area contributed by atoms with Crippen molar-refractivity contribution in [2.75, 3.05) is 0 Å². The molecule has 0 aromatic rings. The standard InChI is InChI=1S/C13H25O2.2CH2/c1-2-12(14)11-9-7-5-3-4-6-8-10-13(11)15;;/h11-12,14-15H,2-10H2,1H3;2*1H2. The van der Waals surface area contributed by atoms with Crippen molar-refractivity contribution in [1.29, 1.82) is 0 Å². The Morgan fingerprint density at radius 1 is 1.06 bits per heavy atom. The highest BCUT2D eigenvalue weighted by Gasteiger charge is 2.26. The van der Waals surface area contributed by atoms with E-state index in [9.17, 15) is 10.2 Å². The Morgan fingerprint density at radius 2 is 1.59 bits per heavy atom. The van der Waals surface area contributed by atoms with E-state index in [1.54, 1.807) is 0 Å². The van der Waals surface area contributed by atoms with Crippen molar-refractivity contribution < 1.29 is 10.2 Å². The second-order valence-electron chi connectivity index (χ2n) is 4.73. The van der Waals surface area contributed by atoms with Crippen LogP contribution < -0.4 is 0 Å². The van der Waals surface area contributed by atoms with Gasteiger partial charge in [-0.05, 0) is 19.3 Å². The quantitative estimate of drug-likeness (QED) is 0.765. The third-order valence-corrected chi connectivity index (χ3v) is 3.51. The van der Waals surface area contributed by atoms with Crippen LogP contribution in [0.2, 0.25) is 0 Å². The fraction of sp³-hybridized carbons (Fsp3) is 0.800. The first-order valence-corrected chi connectivity index (χ1v) is 6.48. The molecule has 1 fully saturated rings. The van der Waals surface area contributed by atoms with E-state index in [-0.39, 0.29) is 26.9 Å². The van der Waals surface area contributed by atoms with E-state index in [0.717, 1.165) is 32.1 Å². The fourth-order valence-corrected chi connectivity index (χ4v) is 2.43. The van der Waals surface area contributed by atoms with Gasteiger partial charge in [-0.15, -0.1) is 0 Å². The van der Waals surface area contributed by atoms with Crippen molar-refractivity contribution in [3.63, 3.8) is 0 Å². The Bertz CT molecular complexity index is 159. The van der Waals surface area contributed by atoms with Gasteiger partial charge in [0.1, 0.15) is 0 Å². The molecule has 1 saturated carbocycles. The molecule has 0 bridgehead atoms. The van der Waals surface area contributed by atoms with Crippen molar-refractivity contribution in [1.82, 2.24) is 0 Å². The molecule has 1 aliphatic rings. The highest BCUT2D eigenvalue weighted by atomic mass is 16.3. The lowest BCUT2D eigenvalue weighted by atomic mass is 9.85. The van der Waals surface area contributed by atoms with Crippen LogP contribution in [-0.4, -0.2) is 16.3 Å². The summed E-state index contributed by atoms with van der Waals surface area (Å²) in [5.74, 6) is 0.0353. The molecule has 0 saturated heterocycles. The topological polar surface area (TPSA) is 40.5 Å². The van der Waals surface area contributed by atoms with Crippen LogP contribution in [0.1, 0.15) is 64.7 Å². The molecule has 5 radical (unpaired) electrons. The Kier molecular flexibility index (Phi) is 12.5. The number of rotatable bonds is 2. The van der Waals surface area contributed by atoms with Crippen LogP contribution in [0.4, 0.5) is 0 Å². The zero-order valence-electron chi connectivity index (χ0n) is 11.3. The van der Waals surface area contributed by atoms with E-state index in [1.807, 2.05) is 6.92 Å². The van der Waals surface area contributed by atoms with Crippen LogP contribution in [0.3, 0.4) is 0 Å². The average molecular weight is 241 g/mol. The molecule has 17 heavy (non-hydrogen) atoms. The van der Waals surface area contributed by atoms with Gasteiger partial charge in [0, 0.05) is 5.92 Å². The largest absolute Gasteiger partial charge is 0.393 e. The second-order valence-corrected chi connectivity index (χ2v) is 4.73. The molecular weight excluding hydrogens is 212 g/mol. The minimum atomic E-state index is -0.343. The van der Waals surface area contributed by atoms with Crippen LogP contribution >= 0.6 is 0 Å². The summed E-state index contributed by atoms with van der Waals surface area (Å²) in [6.45, 7) is 1.98. The molecule has 2 nitrogen and oxygen atoms in total. The first-order valence-electron chi connectivity index (χ1n) is 6.48. The zero-order valence-corrected chi connectivity index (χ0v) is 11.3. The average Bonchev–Trinajstić information content (AvgIpc) is 2.26. The van der Waals surface area contributed by atoms with Crippen LogP contribution in [0.5, 0.6) is 0 Å². The van der Waals surface area contributed by atoms with Crippen LogP contribution in [0, 0.1) is 26.9 Å². The molecule has 0 amide bonds. The highest BCUT2D eigenvalue weighted by molar-refractivity contribution is 4.89. The van der Waals surface area contributed by atoms with Gasteiger partial charge in [0.05, 0.1) is 12.2 Å². The van der Waals surface area contributed by atoms with Gasteiger partial charge < -0.3 is 10.2 Å². The molecule has 2 atom stereocenters. The molecule has 0 aromatic carbocycles. The molecule has 1 rings (SSSR count). The predicted octanol–water partition coefficient (Wildman–Crippen LogP) is 4.07. The van der Waals surface area contributed by atoms with Crippen molar-refractivity contribution in [3.05, 3.63) is 21.0 Å². The molecule has 0 aromatic heterocycles. The Hall–Kier alpha value is -0.0800. The first-order chi connectivity index (χ1) is 7.25. The first kappa shape index (κ1) is 19.3. The van der Waals surface area contributed by atoms with Gasteiger partial charge in [-0.3, -0.25) is 0 Å². The van der Waals surface area contributed by atoms with E-state index < -0.39 is 0 Å². The summed E-state index contributed by atoms with van der Waals surface area (Å²) in [5.41, 5.74) is 0. The Labute approximate surface area is 108 Å². The maximum absolute atomic E-state index is 9.95. The normalized spacial score (nSPS) is 25.2. The third kappa shape index (κ3) is 7.05. The van der Waals surface area contributed by atoms with Gasteiger partial charge in [0.25, 0.3) is 0 Å². The molecule has 1 aliphatic carbocycles. The molecule has 101 valence electrons. The fourth-order valence-electron chi connectivity index (χ4n) is 2.43. The van der Waals surface area contributed by atoms with Gasteiger partial charge >= 0.3 is 0 Å². The number of hydrogen-bond acceptors (Lipinski definition) is 2. The monoisotopic (exact) mass is 241 g/mol. The molecule has 2 heteroatoms. The summed E-state index contributed by atoms with van der Waals surface area (Å²) in [4.78, 5) is 0. The van der Waals surface area contributed by atoms with Crippen molar-refractivity contribution in [2.45, 2.75) is 70.8 Å². The molecule has 0 spiro atoms. The van der Waals surface area contributed by atoms with E-state index in [1.165, 1.54) is 25.7 Å². The Morgan fingerprint density at radius 3 is 2.18 bits per heavy atom. The summed E-state index contributed by atoms with van der Waals surface area (Å²) in [7, 11) is 0. The van der Waals surface area contributed by atoms with Gasteiger partial charge in [-0.1, -0.05) is 60.3 Å². The van der Waals surface area contributed by atoms with Crippen molar-refractivity contribution >= 4 is 0 Å². The Balaban J connectivity index is 0.